The first kappa shape index (κ1) is 19.6. The van der Waals surface area contributed by atoms with Crippen LogP contribution in [0.1, 0.15) is 17.3 Å². The lowest BCUT2D eigenvalue weighted by atomic mass is 10.1. The van der Waals surface area contributed by atoms with Crippen molar-refractivity contribution in [1.29, 1.82) is 0 Å². The summed E-state index contributed by atoms with van der Waals surface area (Å²) in [5, 5.41) is 10.8. The zero-order valence-electron chi connectivity index (χ0n) is 14.4. The van der Waals surface area contributed by atoms with Crippen molar-refractivity contribution in [3.63, 3.8) is 0 Å². The molecule has 10 heteroatoms. The van der Waals surface area contributed by atoms with Crippen LogP contribution in [0.3, 0.4) is 0 Å². The van der Waals surface area contributed by atoms with E-state index in [9.17, 15) is 24.1 Å². The summed E-state index contributed by atoms with van der Waals surface area (Å²) in [5.74, 6) is -2.25. The SMILES string of the molecule is COc1ccc([N+](=O)[O-])cc1C(=O)NNC(=O)[C@H](C)Oc1ccccc1F. The van der Waals surface area contributed by atoms with Crippen molar-refractivity contribution in [1.82, 2.24) is 10.9 Å². The lowest BCUT2D eigenvalue weighted by molar-refractivity contribution is -0.384. The molecule has 27 heavy (non-hydrogen) atoms. The van der Waals surface area contributed by atoms with E-state index in [-0.39, 0.29) is 22.7 Å². The zero-order chi connectivity index (χ0) is 20.0. The van der Waals surface area contributed by atoms with Gasteiger partial charge in [-0.1, -0.05) is 12.1 Å². The highest BCUT2D eigenvalue weighted by molar-refractivity contribution is 5.98. The van der Waals surface area contributed by atoms with Gasteiger partial charge in [-0.15, -0.1) is 0 Å². The number of nitro groups is 1. The van der Waals surface area contributed by atoms with Gasteiger partial charge >= 0.3 is 0 Å². The lowest BCUT2D eigenvalue weighted by Crippen LogP contribution is -2.47. The summed E-state index contributed by atoms with van der Waals surface area (Å²) >= 11 is 0. The van der Waals surface area contributed by atoms with Gasteiger partial charge in [0, 0.05) is 12.1 Å². The van der Waals surface area contributed by atoms with Crippen LogP contribution >= 0.6 is 0 Å². The summed E-state index contributed by atoms with van der Waals surface area (Å²) in [6.07, 6.45) is -1.12. The molecule has 0 spiro atoms. The van der Waals surface area contributed by atoms with Crippen molar-refractivity contribution in [2.75, 3.05) is 7.11 Å². The number of non-ortho nitro benzene ring substituents is 1. The van der Waals surface area contributed by atoms with Crippen LogP contribution in [0.2, 0.25) is 0 Å². The minimum atomic E-state index is -1.12. The van der Waals surface area contributed by atoms with Gasteiger partial charge in [0.05, 0.1) is 17.6 Å². The number of methoxy groups -OCH3 is 1. The van der Waals surface area contributed by atoms with Crippen LogP contribution in [0.15, 0.2) is 42.5 Å². The first-order valence-corrected chi connectivity index (χ1v) is 7.67. The Morgan fingerprint density at radius 3 is 2.48 bits per heavy atom. The normalized spacial score (nSPS) is 11.2. The third-order valence-electron chi connectivity index (χ3n) is 3.45. The second-order valence-electron chi connectivity index (χ2n) is 5.28. The molecule has 1 atom stereocenters. The van der Waals surface area contributed by atoms with Gasteiger partial charge in [-0.05, 0) is 25.1 Å². The maximum absolute atomic E-state index is 13.5. The fourth-order valence-electron chi connectivity index (χ4n) is 2.06. The Bertz CT molecular complexity index is 873. The first-order chi connectivity index (χ1) is 12.8. The third kappa shape index (κ3) is 4.91. The molecule has 0 heterocycles. The number of nitrogens with zero attached hydrogens (tertiary/aromatic N) is 1. The van der Waals surface area contributed by atoms with Gasteiger partial charge in [0.15, 0.2) is 17.7 Å². The highest BCUT2D eigenvalue weighted by Gasteiger charge is 2.20. The summed E-state index contributed by atoms with van der Waals surface area (Å²) in [5.41, 5.74) is 3.76. The lowest BCUT2D eigenvalue weighted by Gasteiger charge is -2.16. The molecule has 2 amide bonds. The largest absolute Gasteiger partial charge is 0.496 e. The fourth-order valence-corrected chi connectivity index (χ4v) is 2.06. The van der Waals surface area contributed by atoms with Crippen molar-refractivity contribution < 1.29 is 28.4 Å². The topological polar surface area (TPSA) is 120 Å². The van der Waals surface area contributed by atoms with Crippen molar-refractivity contribution in [3.8, 4) is 11.5 Å². The summed E-state index contributed by atoms with van der Waals surface area (Å²) in [6.45, 7) is 1.36. The van der Waals surface area contributed by atoms with Crippen LogP contribution in [-0.2, 0) is 4.79 Å². The number of carbonyl (C=O) groups excluding carboxylic acids is 2. The maximum Gasteiger partial charge on any atom is 0.279 e. The van der Waals surface area contributed by atoms with E-state index in [1.54, 1.807) is 6.07 Å². The summed E-state index contributed by atoms with van der Waals surface area (Å²) in [6, 6.07) is 9.00. The van der Waals surface area contributed by atoms with E-state index in [1.807, 2.05) is 0 Å². The van der Waals surface area contributed by atoms with Gasteiger partial charge in [-0.2, -0.15) is 0 Å². The number of halogens is 1. The zero-order valence-corrected chi connectivity index (χ0v) is 14.4. The van der Waals surface area contributed by atoms with E-state index >= 15 is 0 Å². The average molecular weight is 377 g/mol. The number of amides is 2. The molecule has 0 aliphatic carbocycles. The van der Waals surface area contributed by atoms with Crippen LogP contribution in [-0.4, -0.2) is 30.0 Å². The van der Waals surface area contributed by atoms with Gasteiger partial charge in [0.2, 0.25) is 0 Å². The molecule has 2 aromatic rings. The Hall–Kier alpha value is -3.69. The number of carbonyl (C=O) groups is 2. The molecule has 0 bridgehead atoms. The number of hydrogen-bond donors (Lipinski definition) is 2. The molecule has 2 aromatic carbocycles. The van der Waals surface area contributed by atoms with E-state index in [4.69, 9.17) is 9.47 Å². The Morgan fingerprint density at radius 1 is 1.15 bits per heavy atom. The molecule has 142 valence electrons. The second-order valence-corrected chi connectivity index (χ2v) is 5.28. The van der Waals surface area contributed by atoms with Crippen LogP contribution in [0.5, 0.6) is 11.5 Å². The molecule has 0 aliphatic heterocycles. The summed E-state index contributed by atoms with van der Waals surface area (Å²) in [7, 11) is 1.29. The van der Waals surface area contributed by atoms with Gasteiger partial charge in [-0.25, -0.2) is 4.39 Å². The Kier molecular flexibility index (Phi) is 6.26. The van der Waals surface area contributed by atoms with Crippen molar-refractivity contribution in [3.05, 3.63) is 64.0 Å². The molecule has 2 N–H and O–H groups in total. The first-order valence-electron chi connectivity index (χ1n) is 7.67. The highest BCUT2D eigenvalue weighted by Crippen LogP contribution is 2.23. The molecule has 0 saturated carbocycles. The van der Waals surface area contributed by atoms with Crippen LogP contribution in [0, 0.1) is 15.9 Å². The smallest absolute Gasteiger partial charge is 0.279 e. The van der Waals surface area contributed by atoms with Crippen molar-refractivity contribution in [2.24, 2.45) is 0 Å². The number of nitro benzene ring substituents is 1. The molecular formula is C17H16FN3O6. The van der Waals surface area contributed by atoms with Crippen LogP contribution < -0.4 is 20.3 Å². The standard InChI is InChI=1S/C17H16FN3O6/c1-10(27-15-6-4-3-5-13(15)18)16(22)19-20-17(23)12-9-11(21(24)25)7-8-14(12)26-2/h3-10H,1-2H3,(H,19,22)(H,20,23)/t10-/m0/s1. The predicted octanol–water partition coefficient (Wildman–Crippen LogP) is 1.97. The molecule has 2 rings (SSSR count). The highest BCUT2D eigenvalue weighted by atomic mass is 19.1. The molecule has 0 radical (unpaired) electrons. The number of para-hydroxylation sites is 1. The molecule has 0 aromatic heterocycles. The van der Waals surface area contributed by atoms with Gasteiger partial charge in [-0.3, -0.25) is 30.6 Å². The van der Waals surface area contributed by atoms with E-state index in [2.05, 4.69) is 10.9 Å². The van der Waals surface area contributed by atoms with Gasteiger partial charge < -0.3 is 9.47 Å². The average Bonchev–Trinajstić information content (AvgIpc) is 2.66. The molecular weight excluding hydrogens is 361 g/mol. The number of hydrogen-bond acceptors (Lipinski definition) is 6. The quantitative estimate of drug-likeness (QED) is 0.587. The molecule has 0 aliphatic rings. The summed E-state index contributed by atoms with van der Waals surface area (Å²) < 4.78 is 23.7. The molecule has 0 saturated heterocycles. The number of benzene rings is 2. The molecule has 0 fully saturated rings. The number of hydrazine groups is 1. The maximum atomic E-state index is 13.5. The second kappa shape index (κ2) is 8.61. The van der Waals surface area contributed by atoms with Crippen molar-refractivity contribution >= 4 is 17.5 Å². The Labute approximate surface area is 153 Å². The van der Waals surface area contributed by atoms with Crippen LogP contribution in [0.25, 0.3) is 0 Å². The fraction of sp³-hybridized carbons (Fsp3) is 0.176. The van der Waals surface area contributed by atoms with Gasteiger partial charge in [0.1, 0.15) is 5.75 Å². The predicted molar refractivity (Wildman–Crippen MR) is 91.7 cm³/mol. The molecule has 9 nitrogen and oxygen atoms in total. The van der Waals surface area contributed by atoms with E-state index in [0.717, 1.165) is 6.07 Å². The van der Waals surface area contributed by atoms with Gasteiger partial charge in [0.25, 0.3) is 17.5 Å². The number of nitrogens with one attached hydrogen (secondary N) is 2. The van der Waals surface area contributed by atoms with E-state index < -0.39 is 28.7 Å². The number of ether oxygens (including phenoxy) is 2. The number of rotatable bonds is 6. The van der Waals surface area contributed by atoms with Crippen LogP contribution in [0.4, 0.5) is 10.1 Å². The summed E-state index contributed by atoms with van der Waals surface area (Å²) in [4.78, 5) is 34.4. The minimum Gasteiger partial charge on any atom is -0.496 e. The van der Waals surface area contributed by atoms with E-state index in [0.29, 0.717) is 0 Å². The van der Waals surface area contributed by atoms with Crippen molar-refractivity contribution in [2.45, 2.75) is 13.0 Å². The Morgan fingerprint density at radius 2 is 1.85 bits per heavy atom. The monoisotopic (exact) mass is 377 g/mol. The Balaban J connectivity index is 2.02. The minimum absolute atomic E-state index is 0.0861. The molecule has 0 unspecified atom stereocenters. The third-order valence-corrected chi connectivity index (χ3v) is 3.45. The van der Waals surface area contributed by atoms with E-state index in [1.165, 1.54) is 44.4 Å².